The maximum Gasteiger partial charge on any atom is 0.268 e. The predicted molar refractivity (Wildman–Crippen MR) is 161 cm³/mol. The number of aliphatic hydroxyl groups is 1. The lowest BCUT2D eigenvalue weighted by atomic mass is 9.97. The highest BCUT2D eigenvalue weighted by Crippen LogP contribution is 2.42. The molecule has 0 bridgehead atoms. The van der Waals surface area contributed by atoms with E-state index in [1.165, 1.54) is 10.6 Å². The van der Waals surface area contributed by atoms with Crippen molar-refractivity contribution in [2.75, 3.05) is 26.8 Å². The molecule has 2 aromatic carbocycles. The summed E-state index contributed by atoms with van der Waals surface area (Å²) in [5.41, 5.74) is 4.81. The van der Waals surface area contributed by atoms with E-state index in [0.29, 0.717) is 57.1 Å². The third-order valence-corrected chi connectivity index (χ3v) is 8.22. The van der Waals surface area contributed by atoms with Gasteiger partial charge in [-0.05, 0) is 17.7 Å². The summed E-state index contributed by atoms with van der Waals surface area (Å²) in [5.74, 6) is 0.722. The molecule has 5 aromatic rings. The van der Waals surface area contributed by atoms with E-state index >= 15 is 0 Å². The number of hydrogen-bond donors (Lipinski definition) is 1. The summed E-state index contributed by atoms with van der Waals surface area (Å²) < 4.78 is 6.88. The molecule has 3 aromatic heterocycles. The average molecular weight is 602 g/mol. The molecule has 0 unspecified atom stereocenters. The standard InChI is InChI=1S/C31H25Cl2N5O4/c1-42-30-26(15-37-13-18(14-37)16-39)34-12-25(36-30)24-7-3-6-23(29(24)33)22-5-2-4-21(28(22)32)19-8-9-38-27(10-19)35-11-20(17-40)31(38)41/h2-12,17-18,39H,13-16H2,1H3. The van der Waals surface area contributed by atoms with E-state index in [-0.39, 0.29) is 12.2 Å². The molecule has 0 atom stereocenters. The highest BCUT2D eigenvalue weighted by atomic mass is 35.5. The SMILES string of the molecule is COc1nc(-c2cccc(-c3cccc(-c4ccn5c(=O)c(C=O)cnc5c4)c3Cl)c2Cl)cnc1CN1CC(CO)C1. The summed E-state index contributed by atoms with van der Waals surface area (Å²) in [6.07, 6.45) is 5.02. The Morgan fingerprint density at radius 1 is 1.00 bits per heavy atom. The van der Waals surface area contributed by atoms with Crippen molar-refractivity contribution in [3.8, 4) is 39.4 Å². The molecule has 0 radical (unpaired) electrons. The number of aliphatic hydroxyl groups excluding tert-OH is 1. The van der Waals surface area contributed by atoms with Crippen molar-refractivity contribution >= 4 is 35.1 Å². The molecule has 6 rings (SSSR count). The van der Waals surface area contributed by atoms with Gasteiger partial charge < -0.3 is 9.84 Å². The van der Waals surface area contributed by atoms with Crippen molar-refractivity contribution in [1.29, 1.82) is 0 Å². The Morgan fingerprint density at radius 2 is 1.69 bits per heavy atom. The zero-order valence-electron chi connectivity index (χ0n) is 22.5. The summed E-state index contributed by atoms with van der Waals surface area (Å²) in [6, 6.07) is 14.8. The van der Waals surface area contributed by atoms with Gasteiger partial charge in [0.15, 0.2) is 6.29 Å². The maximum absolute atomic E-state index is 12.5. The monoisotopic (exact) mass is 601 g/mol. The number of hydrogen-bond acceptors (Lipinski definition) is 8. The summed E-state index contributed by atoms with van der Waals surface area (Å²) in [4.78, 5) is 39.4. The van der Waals surface area contributed by atoms with Crippen molar-refractivity contribution in [1.82, 2.24) is 24.3 Å². The number of likely N-dealkylation sites (tertiary alicyclic amines) is 1. The Bertz CT molecular complexity index is 1890. The molecule has 11 heteroatoms. The van der Waals surface area contributed by atoms with Crippen molar-refractivity contribution in [3.05, 3.63) is 98.8 Å². The topological polar surface area (TPSA) is 110 Å². The number of benzene rings is 2. The predicted octanol–water partition coefficient (Wildman–Crippen LogP) is 5.04. The van der Waals surface area contributed by atoms with Gasteiger partial charge in [-0.2, -0.15) is 0 Å². The van der Waals surface area contributed by atoms with Gasteiger partial charge in [0.2, 0.25) is 5.88 Å². The lowest BCUT2D eigenvalue weighted by molar-refractivity contribution is 0.0462. The second-order valence-corrected chi connectivity index (χ2v) is 10.8. The van der Waals surface area contributed by atoms with Crippen LogP contribution in [-0.2, 0) is 6.54 Å². The van der Waals surface area contributed by atoms with E-state index in [1.54, 1.807) is 31.6 Å². The van der Waals surface area contributed by atoms with Crippen LogP contribution in [-0.4, -0.2) is 62.5 Å². The number of carbonyl (C=O) groups is 1. The zero-order chi connectivity index (χ0) is 29.4. The van der Waals surface area contributed by atoms with Gasteiger partial charge in [-0.25, -0.2) is 9.97 Å². The fraction of sp³-hybridized carbons (Fsp3) is 0.194. The summed E-state index contributed by atoms with van der Waals surface area (Å²) in [6.45, 7) is 2.39. The number of aldehydes is 1. The minimum absolute atomic E-state index is 0.0147. The van der Waals surface area contributed by atoms with E-state index in [2.05, 4.69) is 14.9 Å². The second kappa shape index (κ2) is 11.6. The molecule has 1 saturated heterocycles. The van der Waals surface area contributed by atoms with Gasteiger partial charge in [0.1, 0.15) is 11.3 Å². The Labute approximate surface area is 251 Å². The van der Waals surface area contributed by atoms with Crippen LogP contribution in [0, 0.1) is 5.92 Å². The summed E-state index contributed by atoms with van der Waals surface area (Å²) >= 11 is 14.0. The minimum atomic E-state index is -0.436. The zero-order valence-corrected chi connectivity index (χ0v) is 24.0. The van der Waals surface area contributed by atoms with Crippen LogP contribution < -0.4 is 10.3 Å². The first-order chi connectivity index (χ1) is 20.4. The molecule has 0 amide bonds. The molecule has 1 aliphatic rings. The van der Waals surface area contributed by atoms with Gasteiger partial charge >= 0.3 is 0 Å². The van der Waals surface area contributed by atoms with Crippen LogP contribution in [0.25, 0.3) is 39.2 Å². The summed E-state index contributed by atoms with van der Waals surface area (Å²) in [7, 11) is 1.56. The van der Waals surface area contributed by atoms with E-state index in [1.807, 2.05) is 36.4 Å². The van der Waals surface area contributed by atoms with Crippen LogP contribution in [0.2, 0.25) is 10.0 Å². The van der Waals surface area contributed by atoms with Gasteiger partial charge in [-0.1, -0.05) is 59.6 Å². The number of aromatic nitrogens is 4. The smallest absolute Gasteiger partial charge is 0.268 e. The van der Waals surface area contributed by atoms with Gasteiger partial charge in [0.25, 0.3) is 5.56 Å². The van der Waals surface area contributed by atoms with Gasteiger partial charge in [0.05, 0.1) is 34.6 Å². The Morgan fingerprint density at radius 3 is 2.38 bits per heavy atom. The fourth-order valence-corrected chi connectivity index (χ4v) is 5.83. The molecular formula is C31H25Cl2N5O4. The molecule has 9 nitrogen and oxygen atoms in total. The molecule has 1 fully saturated rings. The van der Waals surface area contributed by atoms with Crippen LogP contribution in [0.15, 0.2) is 71.9 Å². The van der Waals surface area contributed by atoms with E-state index in [0.717, 1.165) is 35.5 Å². The Hall–Kier alpha value is -4.15. The lowest BCUT2D eigenvalue weighted by Crippen LogP contribution is -2.47. The highest BCUT2D eigenvalue weighted by molar-refractivity contribution is 6.39. The Kier molecular flexibility index (Phi) is 7.74. The first kappa shape index (κ1) is 28.0. The lowest BCUT2D eigenvalue weighted by Gasteiger charge is -2.37. The van der Waals surface area contributed by atoms with Gasteiger partial charge in [-0.15, -0.1) is 0 Å². The number of carbonyl (C=O) groups excluding carboxylic acids is 1. The molecule has 1 N–H and O–H groups in total. The quantitative estimate of drug-likeness (QED) is 0.246. The number of ether oxygens (including phenoxy) is 1. The largest absolute Gasteiger partial charge is 0.480 e. The van der Waals surface area contributed by atoms with E-state index < -0.39 is 5.56 Å². The van der Waals surface area contributed by atoms with E-state index in [4.69, 9.17) is 32.9 Å². The second-order valence-electron chi connectivity index (χ2n) is 10.1. The number of halogens is 2. The highest BCUT2D eigenvalue weighted by Gasteiger charge is 2.27. The molecule has 1 aliphatic heterocycles. The first-order valence-electron chi connectivity index (χ1n) is 13.2. The van der Waals surface area contributed by atoms with Gasteiger partial charge in [0, 0.05) is 66.8 Å². The molecule has 212 valence electrons. The van der Waals surface area contributed by atoms with Crippen molar-refractivity contribution in [3.63, 3.8) is 0 Å². The molecular weight excluding hydrogens is 577 g/mol. The first-order valence-corrected chi connectivity index (χ1v) is 13.9. The van der Waals surface area contributed by atoms with Crippen LogP contribution in [0.3, 0.4) is 0 Å². The third-order valence-electron chi connectivity index (χ3n) is 7.41. The maximum atomic E-state index is 12.5. The van der Waals surface area contributed by atoms with Crippen LogP contribution in [0.4, 0.5) is 0 Å². The molecule has 42 heavy (non-hydrogen) atoms. The van der Waals surface area contributed by atoms with Crippen molar-refractivity contribution in [2.45, 2.75) is 6.54 Å². The van der Waals surface area contributed by atoms with Crippen molar-refractivity contribution in [2.24, 2.45) is 5.92 Å². The van der Waals surface area contributed by atoms with Crippen LogP contribution in [0.1, 0.15) is 16.1 Å². The van der Waals surface area contributed by atoms with Gasteiger partial charge in [-0.3, -0.25) is 23.9 Å². The fourth-order valence-electron chi connectivity index (χ4n) is 5.17. The number of nitrogens with zero attached hydrogens (tertiary/aromatic N) is 5. The number of fused-ring (bicyclic) bond motifs is 1. The normalized spacial score (nSPS) is 13.7. The molecule has 4 heterocycles. The minimum Gasteiger partial charge on any atom is -0.480 e. The average Bonchev–Trinajstić information content (AvgIpc) is 2.99. The number of pyridine rings is 1. The molecule has 0 spiro atoms. The number of rotatable bonds is 8. The molecule has 0 saturated carbocycles. The third kappa shape index (κ3) is 5.05. The molecule has 0 aliphatic carbocycles. The summed E-state index contributed by atoms with van der Waals surface area (Å²) in [5, 5.41) is 10.2. The Balaban J connectivity index is 1.35. The van der Waals surface area contributed by atoms with Crippen LogP contribution >= 0.6 is 23.2 Å². The number of methoxy groups -OCH3 is 1. The van der Waals surface area contributed by atoms with Crippen molar-refractivity contribution < 1.29 is 14.6 Å². The van der Waals surface area contributed by atoms with E-state index in [9.17, 15) is 14.7 Å². The van der Waals surface area contributed by atoms with Crippen LogP contribution in [0.5, 0.6) is 5.88 Å².